The summed E-state index contributed by atoms with van der Waals surface area (Å²) in [7, 11) is 0. The number of ketones is 1. The number of nitrogens with zero attached hydrogens (tertiary/aromatic N) is 2. The number of nitrogens with one attached hydrogen (secondary N) is 1. The van der Waals surface area contributed by atoms with Gasteiger partial charge >= 0.3 is 0 Å². The number of allylic oxidation sites excluding steroid dienone is 1. The number of piperidine rings is 1. The molecule has 0 aromatic heterocycles. The highest BCUT2D eigenvalue weighted by Gasteiger charge is 2.38. The Hall–Kier alpha value is -3.49. The number of benzene rings is 2. The minimum atomic E-state index is -0.471. The molecule has 0 spiro atoms. The number of morpholine rings is 1. The molecule has 5 rings (SSSR count). The standard InChI is InChI=1S/C29H33N3O5/c1-20-2-10-26(28(34)30-20)32-19-23-18-21(3-9-25(23)29(32)35)4-11-27(33)22-5-7-24(8-6-22)37-17-14-31-12-15-36-16-13-31/h3,5-9,18,26H,1-2,4,10-17,19H2,(H,30,34). The van der Waals surface area contributed by atoms with Crippen molar-refractivity contribution in [3.05, 3.63) is 77.0 Å². The molecule has 2 fully saturated rings. The third-order valence-corrected chi connectivity index (χ3v) is 7.30. The fourth-order valence-electron chi connectivity index (χ4n) is 5.12. The quantitative estimate of drug-likeness (QED) is 0.530. The number of hydrogen-bond acceptors (Lipinski definition) is 6. The molecule has 3 aliphatic heterocycles. The topological polar surface area (TPSA) is 88.2 Å². The van der Waals surface area contributed by atoms with Crippen LogP contribution in [0.2, 0.25) is 0 Å². The maximum Gasteiger partial charge on any atom is 0.255 e. The Morgan fingerprint density at radius 3 is 2.65 bits per heavy atom. The molecule has 2 aromatic carbocycles. The first-order valence-electron chi connectivity index (χ1n) is 13.0. The van der Waals surface area contributed by atoms with Crippen LogP contribution in [-0.4, -0.2) is 72.9 Å². The van der Waals surface area contributed by atoms with Gasteiger partial charge in [-0.25, -0.2) is 0 Å². The molecule has 1 unspecified atom stereocenters. The van der Waals surface area contributed by atoms with Gasteiger partial charge in [-0.2, -0.15) is 0 Å². The average molecular weight is 504 g/mol. The summed E-state index contributed by atoms with van der Waals surface area (Å²) >= 11 is 0. The average Bonchev–Trinajstić information content (AvgIpc) is 3.23. The third kappa shape index (κ3) is 5.92. The van der Waals surface area contributed by atoms with Gasteiger partial charge in [-0.05, 0) is 60.7 Å². The molecule has 3 heterocycles. The number of Topliss-reactive ketones (excluding diaryl/α,β-unsaturated/α-hetero) is 1. The van der Waals surface area contributed by atoms with Gasteiger partial charge in [-0.15, -0.1) is 0 Å². The van der Waals surface area contributed by atoms with Gasteiger partial charge in [-0.1, -0.05) is 18.7 Å². The van der Waals surface area contributed by atoms with Crippen molar-refractivity contribution in [2.24, 2.45) is 0 Å². The van der Waals surface area contributed by atoms with E-state index in [-0.39, 0.29) is 17.6 Å². The Morgan fingerprint density at radius 2 is 1.89 bits per heavy atom. The molecule has 2 amide bonds. The fraction of sp³-hybridized carbons (Fsp3) is 0.414. The van der Waals surface area contributed by atoms with Crippen molar-refractivity contribution in [2.75, 3.05) is 39.5 Å². The molecule has 194 valence electrons. The Bertz CT molecular complexity index is 1190. The Kier molecular flexibility index (Phi) is 7.67. The van der Waals surface area contributed by atoms with E-state index in [2.05, 4.69) is 16.8 Å². The molecule has 8 nitrogen and oxygen atoms in total. The molecule has 37 heavy (non-hydrogen) atoms. The van der Waals surface area contributed by atoms with Crippen molar-refractivity contribution >= 4 is 17.6 Å². The monoisotopic (exact) mass is 503 g/mol. The smallest absolute Gasteiger partial charge is 0.255 e. The first-order valence-corrected chi connectivity index (χ1v) is 13.0. The van der Waals surface area contributed by atoms with E-state index < -0.39 is 6.04 Å². The molecule has 0 bridgehead atoms. The van der Waals surface area contributed by atoms with Gasteiger partial charge in [0.1, 0.15) is 18.4 Å². The van der Waals surface area contributed by atoms with Crippen molar-refractivity contribution in [2.45, 2.75) is 38.3 Å². The van der Waals surface area contributed by atoms with Crippen LogP contribution in [0, 0.1) is 0 Å². The highest BCUT2D eigenvalue weighted by Crippen LogP contribution is 2.29. The first-order chi connectivity index (χ1) is 18.0. The lowest BCUT2D eigenvalue weighted by atomic mass is 9.99. The fourth-order valence-corrected chi connectivity index (χ4v) is 5.12. The number of fused-ring (bicyclic) bond motifs is 1. The zero-order valence-corrected chi connectivity index (χ0v) is 21.0. The molecule has 0 aliphatic carbocycles. The first kappa shape index (κ1) is 25.2. The molecule has 2 saturated heterocycles. The van der Waals surface area contributed by atoms with Crippen LogP contribution in [0.5, 0.6) is 5.75 Å². The van der Waals surface area contributed by atoms with E-state index in [1.54, 1.807) is 4.90 Å². The largest absolute Gasteiger partial charge is 0.492 e. The third-order valence-electron chi connectivity index (χ3n) is 7.30. The SMILES string of the molecule is C=C1CCC(N2Cc3cc(CCC(=O)c4ccc(OCCN5CCOCC5)cc4)ccc3C2=O)C(=O)N1. The number of aryl methyl sites for hydroxylation is 1. The van der Waals surface area contributed by atoms with Crippen molar-refractivity contribution < 1.29 is 23.9 Å². The second kappa shape index (κ2) is 11.3. The van der Waals surface area contributed by atoms with E-state index in [0.717, 1.165) is 49.7 Å². The normalized spacial score (nSPS) is 20.1. The number of carbonyl (C=O) groups excluding carboxylic acids is 3. The summed E-state index contributed by atoms with van der Waals surface area (Å²) in [5.41, 5.74) is 3.91. The number of amides is 2. The molecule has 3 aliphatic rings. The Labute approximate surface area is 217 Å². The van der Waals surface area contributed by atoms with E-state index >= 15 is 0 Å². The minimum absolute atomic E-state index is 0.0668. The van der Waals surface area contributed by atoms with Crippen LogP contribution in [0.4, 0.5) is 0 Å². The molecule has 2 aromatic rings. The number of hydrogen-bond donors (Lipinski definition) is 1. The van der Waals surface area contributed by atoms with Gasteiger partial charge in [-0.3, -0.25) is 19.3 Å². The lowest BCUT2D eigenvalue weighted by Gasteiger charge is -2.30. The molecule has 1 atom stereocenters. The summed E-state index contributed by atoms with van der Waals surface area (Å²) in [5, 5.41) is 2.76. The predicted octanol–water partition coefficient (Wildman–Crippen LogP) is 2.96. The van der Waals surface area contributed by atoms with Crippen molar-refractivity contribution in [1.29, 1.82) is 0 Å². The number of carbonyl (C=O) groups is 3. The summed E-state index contributed by atoms with van der Waals surface area (Å²) in [6, 6.07) is 12.6. The van der Waals surface area contributed by atoms with Gasteiger partial charge in [0.15, 0.2) is 5.78 Å². The molecule has 0 radical (unpaired) electrons. The van der Waals surface area contributed by atoms with Crippen molar-refractivity contribution in [3.8, 4) is 5.75 Å². The highest BCUT2D eigenvalue weighted by molar-refractivity contribution is 6.01. The lowest BCUT2D eigenvalue weighted by molar-refractivity contribution is -0.126. The summed E-state index contributed by atoms with van der Waals surface area (Å²) in [4.78, 5) is 42.0. The molecule has 8 heteroatoms. The van der Waals surface area contributed by atoms with Crippen LogP contribution in [0.3, 0.4) is 0 Å². The number of ether oxygens (including phenoxy) is 2. The van der Waals surface area contributed by atoms with E-state index in [0.29, 0.717) is 55.7 Å². The number of rotatable bonds is 9. The van der Waals surface area contributed by atoms with Crippen LogP contribution in [-0.2, 0) is 22.5 Å². The van der Waals surface area contributed by atoms with Gasteiger partial charge < -0.3 is 19.7 Å². The Morgan fingerprint density at radius 1 is 1.11 bits per heavy atom. The van der Waals surface area contributed by atoms with Crippen LogP contribution in [0.25, 0.3) is 0 Å². The molecule has 1 N–H and O–H groups in total. The maximum atomic E-state index is 12.9. The van der Waals surface area contributed by atoms with E-state index in [1.807, 2.05) is 42.5 Å². The zero-order valence-electron chi connectivity index (χ0n) is 21.0. The van der Waals surface area contributed by atoms with Gasteiger partial charge in [0, 0.05) is 49.4 Å². The van der Waals surface area contributed by atoms with Crippen LogP contribution < -0.4 is 10.1 Å². The predicted molar refractivity (Wildman–Crippen MR) is 138 cm³/mol. The maximum absolute atomic E-state index is 12.9. The molecular weight excluding hydrogens is 470 g/mol. The molecule has 0 saturated carbocycles. The second-order valence-corrected chi connectivity index (χ2v) is 9.82. The van der Waals surface area contributed by atoms with Crippen molar-refractivity contribution in [1.82, 2.24) is 15.1 Å². The van der Waals surface area contributed by atoms with E-state index in [1.165, 1.54) is 0 Å². The van der Waals surface area contributed by atoms with Crippen LogP contribution in [0.1, 0.15) is 51.1 Å². The van der Waals surface area contributed by atoms with Gasteiger partial charge in [0.25, 0.3) is 5.91 Å². The summed E-state index contributed by atoms with van der Waals surface area (Å²) in [6.45, 7) is 9.10. The summed E-state index contributed by atoms with van der Waals surface area (Å²) in [5.74, 6) is 0.542. The zero-order chi connectivity index (χ0) is 25.8. The Balaban J connectivity index is 1.12. The molecular formula is C29H33N3O5. The summed E-state index contributed by atoms with van der Waals surface area (Å²) in [6.07, 6.45) is 2.22. The van der Waals surface area contributed by atoms with Crippen molar-refractivity contribution in [3.63, 3.8) is 0 Å². The highest BCUT2D eigenvalue weighted by atomic mass is 16.5. The minimum Gasteiger partial charge on any atom is -0.492 e. The van der Waals surface area contributed by atoms with E-state index in [9.17, 15) is 14.4 Å². The second-order valence-electron chi connectivity index (χ2n) is 9.82. The lowest BCUT2D eigenvalue weighted by Crippen LogP contribution is -2.49. The summed E-state index contributed by atoms with van der Waals surface area (Å²) < 4.78 is 11.2. The van der Waals surface area contributed by atoms with Crippen LogP contribution in [0.15, 0.2) is 54.7 Å². The van der Waals surface area contributed by atoms with Gasteiger partial charge in [0.05, 0.1) is 13.2 Å². The van der Waals surface area contributed by atoms with Crippen LogP contribution >= 0.6 is 0 Å². The van der Waals surface area contributed by atoms with E-state index in [4.69, 9.17) is 9.47 Å². The van der Waals surface area contributed by atoms with Gasteiger partial charge in [0.2, 0.25) is 5.91 Å².